The number of rotatable bonds is 1. The second kappa shape index (κ2) is 3.10. The van der Waals surface area contributed by atoms with E-state index >= 15 is 0 Å². The Kier molecular flexibility index (Phi) is 2.32. The second-order valence-corrected chi connectivity index (χ2v) is 2.86. The van der Waals surface area contributed by atoms with Crippen LogP contribution in [0.5, 0.6) is 11.5 Å². The summed E-state index contributed by atoms with van der Waals surface area (Å²) in [6.45, 7) is 0. The summed E-state index contributed by atoms with van der Waals surface area (Å²) in [6.07, 6.45) is 0.249. The highest BCUT2D eigenvalue weighted by atomic mass is 79.9. The summed E-state index contributed by atoms with van der Waals surface area (Å²) in [4.78, 5) is 10.2. The third-order valence-corrected chi connectivity index (χ3v) is 2.13. The SMILES string of the molecule is O=Cc1c(F)cc(O)c(O)c1Br. The summed E-state index contributed by atoms with van der Waals surface area (Å²) < 4.78 is 12.6. The van der Waals surface area contributed by atoms with Crippen molar-refractivity contribution < 1.29 is 19.4 Å². The van der Waals surface area contributed by atoms with E-state index in [0.29, 0.717) is 6.07 Å². The highest BCUT2D eigenvalue weighted by Crippen LogP contribution is 2.36. The lowest BCUT2D eigenvalue weighted by atomic mass is 10.2. The van der Waals surface area contributed by atoms with Gasteiger partial charge in [-0.05, 0) is 15.9 Å². The molecule has 0 fully saturated rings. The summed E-state index contributed by atoms with van der Waals surface area (Å²) >= 11 is 2.76. The van der Waals surface area contributed by atoms with E-state index in [9.17, 15) is 9.18 Å². The van der Waals surface area contributed by atoms with E-state index in [0.717, 1.165) is 0 Å². The fourth-order valence-electron chi connectivity index (χ4n) is 0.719. The number of carbonyl (C=O) groups excluding carboxylic acids is 1. The van der Waals surface area contributed by atoms with E-state index in [2.05, 4.69) is 15.9 Å². The third kappa shape index (κ3) is 1.27. The van der Waals surface area contributed by atoms with Gasteiger partial charge >= 0.3 is 0 Å². The van der Waals surface area contributed by atoms with Gasteiger partial charge in [0.05, 0.1) is 10.0 Å². The highest BCUT2D eigenvalue weighted by Gasteiger charge is 2.14. The predicted molar refractivity (Wildman–Crippen MR) is 42.8 cm³/mol. The lowest BCUT2D eigenvalue weighted by Crippen LogP contribution is -1.89. The van der Waals surface area contributed by atoms with Crippen molar-refractivity contribution in [3.05, 3.63) is 21.9 Å². The maximum atomic E-state index is 12.8. The lowest BCUT2D eigenvalue weighted by Gasteiger charge is -2.03. The summed E-state index contributed by atoms with van der Waals surface area (Å²) in [5, 5.41) is 17.9. The molecule has 0 aromatic heterocycles. The number of hydrogen-bond donors (Lipinski definition) is 2. The Morgan fingerprint density at radius 1 is 1.50 bits per heavy atom. The lowest BCUT2D eigenvalue weighted by molar-refractivity contribution is 0.111. The van der Waals surface area contributed by atoms with Gasteiger partial charge in [0, 0.05) is 6.07 Å². The van der Waals surface area contributed by atoms with Crippen molar-refractivity contribution in [3.8, 4) is 11.5 Å². The van der Waals surface area contributed by atoms with Gasteiger partial charge in [0.1, 0.15) is 5.82 Å². The molecule has 0 radical (unpaired) electrons. The van der Waals surface area contributed by atoms with Crippen molar-refractivity contribution in [3.63, 3.8) is 0 Å². The van der Waals surface area contributed by atoms with Crippen molar-refractivity contribution in [1.82, 2.24) is 0 Å². The summed E-state index contributed by atoms with van der Waals surface area (Å²) in [7, 11) is 0. The number of hydrogen-bond acceptors (Lipinski definition) is 3. The Bertz CT molecular complexity index is 338. The van der Waals surface area contributed by atoms with Crippen LogP contribution < -0.4 is 0 Å². The van der Waals surface area contributed by atoms with Crippen molar-refractivity contribution >= 4 is 22.2 Å². The molecule has 0 atom stereocenters. The first-order valence-electron chi connectivity index (χ1n) is 2.93. The first-order chi connectivity index (χ1) is 5.57. The maximum Gasteiger partial charge on any atom is 0.172 e. The smallest absolute Gasteiger partial charge is 0.172 e. The van der Waals surface area contributed by atoms with Gasteiger partial charge in [-0.3, -0.25) is 4.79 Å². The van der Waals surface area contributed by atoms with E-state index in [1.54, 1.807) is 0 Å². The van der Waals surface area contributed by atoms with E-state index in [4.69, 9.17) is 10.2 Å². The molecule has 1 rings (SSSR count). The molecule has 0 spiro atoms. The van der Waals surface area contributed by atoms with Crippen molar-refractivity contribution in [1.29, 1.82) is 0 Å². The number of aldehydes is 1. The van der Waals surface area contributed by atoms with E-state index < -0.39 is 17.3 Å². The van der Waals surface area contributed by atoms with Gasteiger partial charge in [0.2, 0.25) is 0 Å². The van der Waals surface area contributed by atoms with Crippen LogP contribution in [0.2, 0.25) is 0 Å². The number of halogens is 2. The summed E-state index contributed by atoms with van der Waals surface area (Å²) in [6, 6.07) is 0.670. The average molecular weight is 235 g/mol. The summed E-state index contributed by atoms with van der Waals surface area (Å²) in [5.74, 6) is -2.03. The Balaban J connectivity index is 3.51. The average Bonchev–Trinajstić information content (AvgIpc) is 2.01. The molecule has 0 saturated carbocycles. The molecule has 5 heteroatoms. The van der Waals surface area contributed by atoms with E-state index in [1.165, 1.54) is 0 Å². The van der Waals surface area contributed by atoms with Crippen LogP contribution in [-0.4, -0.2) is 16.5 Å². The Labute approximate surface area is 75.6 Å². The minimum Gasteiger partial charge on any atom is -0.504 e. The van der Waals surface area contributed by atoms with Crippen molar-refractivity contribution in [2.24, 2.45) is 0 Å². The van der Waals surface area contributed by atoms with Crippen molar-refractivity contribution in [2.45, 2.75) is 0 Å². The zero-order chi connectivity index (χ0) is 9.30. The predicted octanol–water partition coefficient (Wildman–Crippen LogP) is 1.81. The van der Waals surface area contributed by atoms with Crippen molar-refractivity contribution in [2.75, 3.05) is 0 Å². The number of carbonyl (C=O) groups is 1. The van der Waals surface area contributed by atoms with E-state index in [-0.39, 0.29) is 16.3 Å². The number of aromatic hydroxyl groups is 2. The van der Waals surface area contributed by atoms with Crippen LogP contribution in [0.25, 0.3) is 0 Å². The van der Waals surface area contributed by atoms with Gasteiger partial charge in [-0.1, -0.05) is 0 Å². The van der Waals surface area contributed by atoms with Gasteiger partial charge < -0.3 is 10.2 Å². The van der Waals surface area contributed by atoms with Crippen LogP contribution >= 0.6 is 15.9 Å². The van der Waals surface area contributed by atoms with Crippen LogP contribution in [0.1, 0.15) is 10.4 Å². The van der Waals surface area contributed by atoms with Gasteiger partial charge in [0.15, 0.2) is 17.8 Å². The van der Waals surface area contributed by atoms with E-state index in [1.807, 2.05) is 0 Å². The molecule has 2 N–H and O–H groups in total. The Hall–Kier alpha value is -1.10. The van der Waals surface area contributed by atoms with Gasteiger partial charge in [-0.25, -0.2) is 4.39 Å². The largest absolute Gasteiger partial charge is 0.504 e. The molecule has 0 unspecified atom stereocenters. The molecular weight excluding hydrogens is 231 g/mol. The Morgan fingerprint density at radius 2 is 2.08 bits per heavy atom. The molecule has 12 heavy (non-hydrogen) atoms. The number of phenolic OH excluding ortho intramolecular Hbond substituents is 2. The maximum absolute atomic E-state index is 12.8. The molecule has 1 aromatic carbocycles. The van der Waals surface area contributed by atoms with Gasteiger partial charge in [-0.15, -0.1) is 0 Å². The molecule has 0 aliphatic carbocycles. The van der Waals surface area contributed by atoms with Crippen LogP contribution in [0, 0.1) is 5.82 Å². The quantitative estimate of drug-likeness (QED) is 0.576. The molecule has 0 heterocycles. The van der Waals surface area contributed by atoms with Gasteiger partial charge in [-0.2, -0.15) is 0 Å². The fraction of sp³-hybridized carbons (Fsp3) is 0. The monoisotopic (exact) mass is 234 g/mol. The first kappa shape index (κ1) is 8.99. The molecule has 0 saturated heterocycles. The topological polar surface area (TPSA) is 57.5 Å². The molecule has 0 amide bonds. The minimum atomic E-state index is -0.882. The number of benzene rings is 1. The molecular formula is C7H4BrFO3. The van der Waals surface area contributed by atoms with Crippen LogP contribution in [-0.2, 0) is 0 Å². The molecule has 64 valence electrons. The zero-order valence-corrected chi connectivity index (χ0v) is 7.30. The third-order valence-electron chi connectivity index (χ3n) is 1.33. The fourth-order valence-corrected chi connectivity index (χ4v) is 1.20. The Morgan fingerprint density at radius 3 is 2.58 bits per heavy atom. The molecule has 0 aliphatic rings. The summed E-state index contributed by atoms with van der Waals surface area (Å²) in [5.41, 5.74) is -0.315. The molecule has 3 nitrogen and oxygen atoms in total. The number of phenols is 2. The molecule has 0 aliphatic heterocycles. The van der Waals surface area contributed by atoms with Crippen LogP contribution in [0.4, 0.5) is 4.39 Å². The highest BCUT2D eigenvalue weighted by molar-refractivity contribution is 9.10. The first-order valence-corrected chi connectivity index (χ1v) is 3.72. The minimum absolute atomic E-state index is 0.144. The zero-order valence-electron chi connectivity index (χ0n) is 5.71. The molecule has 0 bridgehead atoms. The standard InChI is InChI=1S/C7H4BrFO3/c8-6-3(2-10)4(9)1-5(11)7(6)12/h1-2,11-12H. The van der Waals surface area contributed by atoms with Gasteiger partial charge in [0.25, 0.3) is 0 Å². The van der Waals surface area contributed by atoms with Crippen LogP contribution in [0.15, 0.2) is 10.5 Å². The van der Waals surface area contributed by atoms with Crippen LogP contribution in [0.3, 0.4) is 0 Å². The molecule has 1 aromatic rings. The second-order valence-electron chi connectivity index (χ2n) is 2.07. The normalized spacial score (nSPS) is 9.83.